The van der Waals surface area contributed by atoms with Gasteiger partial charge in [-0.1, -0.05) is 0 Å². The van der Waals surface area contributed by atoms with Gasteiger partial charge in [0.05, 0.1) is 12.0 Å². The fourth-order valence-corrected chi connectivity index (χ4v) is 2.72. The second-order valence-electron chi connectivity index (χ2n) is 5.12. The maximum absolute atomic E-state index is 12.5. The average molecular weight is 287 g/mol. The number of nitrogens with two attached hydrogens (primary N) is 1. The van der Waals surface area contributed by atoms with E-state index < -0.39 is 5.56 Å². The Labute approximate surface area is 121 Å². The summed E-state index contributed by atoms with van der Waals surface area (Å²) >= 11 is 0. The van der Waals surface area contributed by atoms with E-state index in [1.165, 1.54) is 6.26 Å². The molecule has 1 fully saturated rings. The van der Waals surface area contributed by atoms with Crippen LogP contribution in [0.4, 0.5) is 0 Å². The van der Waals surface area contributed by atoms with Crippen LogP contribution in [0, 0.1) is 0 Å². The van der Waals surface area contributed by atoms with Crippen molar-refractivity contribution in [3.63, 3.8) is 0 Å². The van der Waals surface area contributed by atoms with E-state index in [0.29, 0.717) is 24.5 Å². The minimum atomic E-state index is -0.406. The zero-order chi connectivity index (χ0) is 14.8. The van der Waals surface area contributed by atoms with Crippen molar-refractivity contribution in [3.8, 4) is 11.5 Å². The number of rotatable bonds is 3. The number of H-pyrrole nitrogens is 1. The molecule has 110 valence electrons. The average Bonchev–Trinajstić information content (AvgIpc) is 3.17. The summed E-state index contributed by atoms with van der Waals surface area (Å²) in [6, 6.07) is 6.74. The summed E-state index contributed by atoms with van der Waals surface area (Å²) in [5, 5.41) is 0. The first-order valence-electron chi connectivity index (χ1n) is 6.99. The zero-order valence-corrected chi connectivity index (χ0v) is 11.5. The van der Waals surface area contributed by atoms with Crippen molar-refractivity contribution in [2.75, 3.05) is 13.1 Å². The Morgan fingerprint density at radius 1 is 1.43 bits per heavy atom. The maximum atomic E-state index is 12.5. The first kappa shape index (κ1) is 13.6. The number of furan rings is 1. The lowest BCUT2D eigenvalue weighted by molar-refractivity contribution is 0.0739. The van der Waals surface area contributed by atoms with Crippen molar-refractivity contribution in [2.45, 2.75) is 18.9 Å². The lowest BCUT2D eigenvalue weighted by atomic mass is 10.2. The summed E-state index contributed by atoms with van der Waals surface area (Å²) in [6.45, 7) is 1.08. The van der Waals surface area contributed by atoms with Crippen LogP contribution in [0.25, 0.3) is 11.5 Å². The molecule has 1 amide bonds. The summed E-state index contributed by atoms with van der Waals surface area (Å²) < 4.78 is 5.23. The van der Waals surface area contributed by atoms with Gasteiger partial charge in [0.15, 0.2) is 0 Å². The van der Waals surface area contributed by atoms with E-state index in [4.69, 9.17) is 10.2 Å². The fraction of sp³-hybridized carbons (Fsp3) is 0.333. The Bertz CT molecular complexity index is 690. The van der Waals surface area contributed by atoms with Gasteiger partial charge in [-0.3, -0.25) is 9.59 Å². The van der Waals surface area contributed by atoms with Gasteiger partial charge < -0.3 is 20.0 Å². The van der Waals surface area contributed by atoms with Crippen molar-refractivity contribution in [2.24, 2.45) is 5.73 Å². The van der Waals surface area contributed by atoms with Gasteiger partial charge in [0.25, 0.3) is 11.5 Å². The quantitative estimate of drug-likeness (QED) is 0.887. The number of nitrogens with one attached hydrogen (secondary N) is 1. The molecule has 0 saturated carbocycles. The standard InChI is InChI=1S/C15H17N3O3/c16-9-10-3-1-7-18(10)15(20)11-5-6-12(17-14(11)19)13-4-2-8-21-13/h2,4-6,8,10H,1,3,7,9,16H2,(H,17,19). The van der Waals surface area contributed by atoms with E-state index in [9.17, 15) is 9.59 Å². The SMILES string of the molecule is NCC1CCCN1C(=O)c1ccc(-c2ccco2)[nH]c1=O. The summed E-state index contributed by atoms with van der Waals surface area (Å²) in [4.78, 5) is 29.0. The topological polar surface area (TPSA) is 92.3 Å². The predicted molar refractivity (Wildman–Crippen MR) is 77.9 cm³/mol. The molecule has 3 heterocycles. The summed E-state index contributed by atoms with van der Waals surface area (Å²) in [5.41, 5.74) is 5.97. The van der Waals surface area contributed by atoms with Crippen LogP contribution in [0.1, 0.15) is 23.2 Å². The molecular weight excluding hydrogens is 270 g/mol. The summed E-state index contributed by atoms with van der Waals surface area (Å²) in [6.07, 6.45) is 3.35. The highest BCUT2D eigenvalue weighted by atomic mass is 16.3. The minimum Gasteiger partial charge on any atom is -0.463 e. The second kappa shape index (κ2) is 5.57. The monoisotopic (exact) mass is 287 g/mol. The first-order chi connectivity index (χ1) is 10.2. The third-order valence-electron chi connectivity index (χ3n) is 3.84. The van der Waals surface area contributed by atoms with E-state index in [1.54, 1.807) is 29.2 Å². The van der Waals surface area contributed by atoms with Gasteiger partial charge >= 0.3 is 0 Å². The largest absolute Gasteiger partial charge is 0.463 e. The number of carbonyl (C=O) groups excluding carboxylic acids is 1. The maximum Gasteiger partial charge on any atom is 0.261 e. The van der Waals surface area contributed by atoms with E-state index in [0.717, 1.165) is 12.8 Å². The first-order valence-corrected chi connectivity index (χ1v) is 6.99. The molecule has 2 aromatic rings. The van der Waals surface area contributed by atoms with Gasteiger partial charge in [-0.25, -0.2) is 0 Å². The van der Waals surface area contributed by atoms with Crippen LogP contribution in [0.15, 0.2) is 39.7 Å². The molecule has 0 bridgehead atoms. The Kier molecular flexibility index (Phi) is 3.62. The lowest BCUT2D eigenvalue weighted by Gasteiger charge is -2.23. The van der Waals surface area contributed by atoms with Crippen LogP contribution in [-0.4, -0.2) is 34.9 Å². The number of hydrogen-bond donors (Lipinski definition) is 2. The number of nitrogens with zero attached hydrogens (tertiary/aromatic N) is 1. The predicted octanol–water partition coefficient (Wildman–Crippen LogP) is 1.20. The van der Waals surface area contributed by atoms with Crippen molar-refractivity contribution >= 4 is 5.91 Å². The molecule has 1 unspecified atom stereocenters. The number of amides is 1. The smallest absolute Gasteiger partial charge is 0.261 e. The lowest BCUT2D eigenvalue weighted by Crippen LogP contribution is -2.41. The molecular formula is C15H17N3O3. The van der Waals surface area contributed by atoms with Gasteiger partial charge in [-0.2, -0.15) is 0 Å². The highest BCUT2D eigenvalue weighted by Crippen LogP contribution is 2.19. The molecule has 3 rings (SSSR count). The molecule has 0 aliphatic carbocycles. The second-order valence-corrected chi connectivity index (χ2v) is 5.12. The Morgan fingerprint density at radius 2 is 2.29 bits per heavy atom. The molecule has 1 aliphatic heterocycles. The third-order valence-corrected chi connectivity index (χ3v) is 3.84. The number of aromatic nitrogens is 1. The van der Waals surface area contributed by atoms with Crippen LogP contribution < -0.4 is 11.3 Å². The van der Waals surface area contributed by atoms with Crippen LogP contribution in [0.3, 0.4) is 0 Å². The number of carbonyl (C=O) groups is 1. The van der Waals surface area contributed by atoms with Gasteiger partial charge in [-0.05, 0) is 37.1 Å². The van der Waals surface area contributed by atoms with Crippen molar-refractivity contribution < 1.29 is 9.21 Å². The molecule has 0 radical (unpaired) electrons. The molecule has 1 atom stereocenters. The number of likely N-dealkylation sites (tertiary alicyclic amines) is 1. The zero-order valence-electron chi connectivity index (χ0n) is 11.5. The highest BCUT2D eigenvalue weighted by molar-refractivity contribution is 5.94. The van der Waals surface area contributed by atoms with E-state index in [1.807, 2.05) is 0 Å². The normalized spacial score (nSPS) is 18.1. The Balaban J connectivity index is 1.89. The molecule has 0 spiro atoms. The van der Waals surface area contributed by atoms with E-state index >= 15 is 0 Å². The van der Waals surface area contributed by atoms with Crippen molar-refractivity contribution in [1.29, 1.82) is 0 Å². The molecule has 1 saturated heterocycles. The number of aromatic amines is 1. The molecule has 1 aliphatic rings. The van der Waals surface area contributed by atoms with Gasteiger partial charge in [0.2, 0.25) is 0 Å². The summed E-state index contributed by atoms with van der Waals surface area (Å²) in [5.74, 6) is 0.308. The Morgan fingerprint density at radius 3 is 2.95 bits per heavy atom. The molecule has 3 N–H and O–H groups in total. The van der Waals surface area contributed by atoms with E-state index in [-0.39, 0.29) is 17.5 Å². The number of hydrogen-bond acceptors (Lipinski definition) is 4. The fourth-order valence-electron chi connectivity index (χ4n) is 2.72. The van der Waals surface area contributed by atoms with Gasteiger partial charge in [0, 0.05) is 19.1 Å². The van der Waals surface area contributed by atoms with Crippen LogP contribution in [0.5, 0.6) is 0 Å². The minimum absolute atomic E-state index is 0.0293. The van der Waals surface area contributed by atoms with Gasteiger partial charge in [0.1, 0.15) is 11.3 Å². The number of pyridine rings is 1. The van der Waals surface area contributed by atoms with Gasteiger partial charge in [-0.15, -0.1) is 0 Å². The van der Waals surface area contributed by atoms with Crippen LogP contribution in [-0.2, 0) is 0 Å². The summed E-state index contributed by atoms with van der Waals surface area (Å²) in [7, 11) is 0. The third kappa shape index (κ3) is 2.50. The highest BCUT2D eigenvalue weighted by Gasteiger charge is 2.29. The molecule has 6 nitrogen and oxygen atoms in total. The van der Waals surface area contributed by atoms with E-state index in [2.05, 4.69) is 4.98 Å². The van der Waals surface area contributed by atoms with Crippen molar-refractivity contribution in [1.82, 2.24) is 9.88 Å². The van der Waals surface area contributed by atoms with Crippen LogP contribution in [0.2, 0.25) is 0 Å². The molecule has 6 heteroatoms. The molecule has 21 heavy (non-hydrogen) atoms. The Hall–Kier alpha value is -2.34. The van der Waals surface area contributed by atoms with Crippen molar-refractivity contribution in [3.05, 3.63) is 46.4 Å². The molecule has 2 aromatic heterocycles. The molecule has 0 aromatic carbocycles. The van der Waals surface area contributed by atoms with Crippen LogP contribution >= 0.6 is 0 Å².